The number of amides is 1. The minimum atomic E-state index is -1.01. The third kappa shape index (κ3) is 3.25. The maximum atomic E-state index is 13.2. The predicted molar refractivity (Wildman–Crippen MR) is 77.2 cm³/mol. The van der Waals surface area contributed by atoms with E-state index in [1.165, 1.54) is 30.3 Å². The molecule has 0 saturated heterocycles. The number of carbonyl (C=O) groups excluding carboxylic acids is 1. The van der Waals surface area contributed by atoms with Gasteiger partial charge in [-0.1, -0.05) is 0 Å². The molecular formula is C16H14FNO3. The molecule has 0 aliphatic heterocycles. The molecule has 4 nitrogen and oxygen atoms in total. The van der Waals surface area contributed by atoms with Crippen molar-refractivity contribution in [2.24, 2.45) is 0 Å². The smallest absolute Gasteiger partial charge is 0.335 e. The van der Waals surface area contributed by atoms with E-state index in [2.05, 4.69) is 5.32 Å². The van der Waals surface area contributed by atoms with E-state index in [1.807, 2.05) is 0 Å². The Morgan fingerprint density at radius 3 is 2.33 bits per heavy atom. The summed E-state index contributed by atoms with van der Waals surface area (Å²) in [6.45, 7) is 3.24. The van der Waals surface area contributed by atoms with Gasteiger partial charge in [0.25, 0.3) is 5.91 Å². The molecule has 0 aromatic heterocycles. The molecule has 5 heteroatoms. The van der Waals surface area contributed by atoms with E-state index >= 15 is 0 Å². The number of carbonyl (C=O) groups is 2. The normalized spacial score (nSPS) is 10.2. The van der Waals surface area contributed by atoms with Gasteiger partial charge in [-0.15, -0.1) is 0 Å². The second kappa shape index (κ2) is 5.75. The van der Waals surface area contributed by atoms with Gasteiger partial charge in [-0.2, -0.15) is 0 Å². The Labute approximate surface area is 121 Å². The third-order valence-corrected chi connectivity index (χ3v) is 3.13. The Morgan fingerprint density at radius 2 is 1.76 bits per heavy atom. The molecule has 2 N–H and O–H groups in total. The first-order chi connectivity index (χ1) is 9.88. The molecule has 0 saturated carbocycles. The van der Waals surface area contributed by atoms with Crippen molar-refractivity contribution in [1.82, 2.24) is 0 Å². The Kier molecular flexibility index (Phi) is 4.03. The molecule has 2 rings (SSSR count). The van der Waals surface area contributed by atoms with Crippen molar-refractivity contribution < 1.29 is 19.1 Å². The summed E-state index contributed by atoms with van der Waals surface area (Å²) in [6.07, 6.45) is 0. The number of anilines is 1. The van der Waals surface area contributed by atoms with Crippen LogP contribution < -0.4 is 5.32 Å². The van der Waals surface area contributed by atoms with Crippen molar-refractivity contribution in [1.29, 1.82) is 0 Å². The van der Waals surface area contributed by atoms with Gasteiger partial charge in [-0.05, 0) is 61.4 Å². The zero-order chi connectivity index (χ0) is 15.6. The quantitative estimate of drug-likeness (QED) is 0.909. The maximum Gasteiger partial charge on any atom is 0.335 e. The van der Waals surface area contributed by atoms with E-state index in [4.69, 9.17) is 5.11 Å². The number of halogens is 1. The fourth-order valence-corrected chi connectivity index (χ4v) is 1.97. The van der Waals surface area contributed by atoms with Crippen molar-refractivity contribution in [2.75, 3.05) is 5.32 Å². The van der Waals surface area contributed by atoms with E-state index in [0.717, 1.165) is 0 Å². The van der Waals surface area contributed by atoms with Gasteiger partial charge in [0.15, 0.2) is 0 Å². The highest BCUT2D eigenvalue weighted by molar-refractivity contribution is 6.04. The van der Waals surface area contributed by atoms with Gasteiger partial charge in [0.2, 0.25) is 0 Å². The molecule has 0 aliphatic carbocycles. The summed E-state index contributed by atoms with van der Waals surface area (Å²) in [4.78, 5) is 23.0. The van der Waals surface area contributed by atoms with E-state index in [1.54, 1.807) is 19.9 Å². The number of carboxylic acids is 1. The minimum Gasteiger partial charge on any atom is -0.478 e. The van der Waals surface area contributed by atoms with Gasteiger partial charge in [-0.3, -0.25) is 4.79 Å². The molecule has 0 fully saturated rings. The van der Waals surface area contributed by atoms with Crippen molar-refractivity contribution in [3.63, 3.8) is 0 Å². The van der Waals surface area contributed by atoms with Crippen LogP contribution in [0.2, 0.25) is 0 Å². The van der Waals surface area contributed by atoms with Gasteiger partial charge in [-0.25, -0.2) is 9.18 Å². The lowest BCUT2D eigenvalue weighted by molar-refractivity contribution is 0.0696. The Hall–Kier alpha value is -2.69. The van der Waals surface area contributed by atoms with Crippen LogP contribution in [0.4, 0.5) is 10.1 Å². The average Bonchev–Trinajstić information content (AvgIpc) is 2.41. The van der Waals surface area contributed by atoms with Crippen LogP contribution in [0, 0.1) is 19.7 Å². The third-order valence-electron chi connectivity index (χ3n) is 3.13. The lowest BCUT2D eigenvalue weighted by Gasteiger charge is -2.08. The van der Waals surface area contributed by atoms with E-state index in [-0.39, 0.29) is 17.3 Å². The minimum absolute atomic E-state index is 0.186. The van der Waals surface area contributed by atoms with E-state index in [9.17, 15) is 14.0 Å². The number of hydrogen-bond donors (Lipinski definition) is 2. The number of benzene rings is 2. The van der Waals surface area contributed by atoms with Crippen LogP contribution in [0.1, 0.15) is 31.8 Å². The van der Waals surface area contributed by atoms with Crippen LogP contribution in [0.5, 0.6) is 0 Å². The monoisotopic (exact) mass is 287 g/mol. The van der Waals surface area contributed by atoms with Crippen LogP contribution in [0.15, 0.2) is 36.4 Å². The highest BCUT2D eigenvalue weighted by Gasteiger charge is 2.11. The predicted octanol–water partition coefficient (Wildman–Crippen LogP) is 3.39. The van der Waals surface area contributed by atoms with Crippen LogP contribution in [-0.4, -0.2) is 17.0 Å². The average molecular weight is 287 g/mol. The summed E-state index contributed by atoms with van der Waals surface area (Å²) in [5.41, 5.74) is 1.96. The first-order valence-corrected chi connectivity index (χ1v) is 6.30. The molecule has 1 amide bonds. The van der Waals surface area contributed by atoms with Gasteiger partial charge < -0.3 is 10.4 Å². The SMILES string of the molecule is Cc1cc(C(=O)Nc2ccc(C(=O)O)c(C)c2)ccc1F. The zero-order valence-electron chi connectivity index (χ0n) is 11.6. The molecule has 0 aliphatic rings. The van der Waals surface area contributed by atoms with Crippen molar-refractivity contribution in [2.45, 2.75) is 13.8 Å². The highest BCUT2D eigenvalue weighted by Crippen LogP contribution is 2.17. The molecule has 0 unspecified atom stereocenters. The maximum absolute atomic E-state index is 13.2. The number of carboxylic acid groups (broad SMARTS) is 1. The highest BCUT2D eigenvalue weighted by atomic mass is 19.1. The van der Waals surface area contributed by atoms with Crippen LogP contribution >= 0.6 is 0 Å². The summed E-state index contributed by atoms with van der Waals surface area (Å²) in [5, 5.41) is 11.6. The first kappa shape index (κ1) is 14.7. The largest absolute Gasteiger partial charge is 0.478 e. The van der Waals surface area contributed by atoms with E-state index < -0.39 is 5.97 Å². The fraction of sp³-hybridized carbons (Fsp3) is 0.125. The van der Waals surface area contributed by atoms with Crippen molar-refractivity contribution >= 4 is 17.6 Å². The number of rotatable bonds is 3. The van der Waals surface area contributed by atoms with E-state index in [0.29, 0.717) is 22.4 Å². The Morgan fingerprint density at radius 1 is 1.05 bits per heavy atom. The fourth-order valence-electron chi connectivity index (χ4n) is 1.97. The van der Waals surface area contributed by atoms with Crippen molar-refractivity contribution in [3.8, 4) is 0 Å². The zero-order valence-corrected chi connectivity index (χ0v) is 11.6. The van der Waals surface area contributed by atoms with Crippen LogP contribution in [0.3, 0.4) is 0 Å². The molecule has 0 heterocycles. The molecule has 2 aromatic carbocycles. The summed E-state index contributed by atoms with van der Waals surface area (Å²) >= 11 is 0. The van der Waals surface area contributed by atoms with Crippen molar-refractivity contribution in [3.05, 3.63) is 64.5 Å². The van der Waals surface area contributed by atoms with Crippen LogP contribution in [0.25, 0.3) is 0 Å². The van der Waals surface area contributed by atoms with Crippen LogP contribution in [-0.2, 0) is 0 Å². The molecule has 108 valence electrons. The second-order valence-electron chi connectivity index (χ2n) is 4.75. The van der Waals surface area contributed by atoms with Gasteiger partial charge >= 0.3 is 5.97 Å². The molecule has 2 aromatic rings. The summed E-state index contributed by atoms with van der Waals surface area (Å²) in [5.74, 6) is -1.76. The Balaban J connectivity index is 2.21. The number of aryl methyl sites for hydroxylation is 2. The molecule has 0 radical (unpaired) electrons. The van der Waals surface area contributed by atoms with Gasteiger partial charge in [0.05, 0.1) is 5.56 Å². The topological polar surface area (TPSA) is 66.4 Å². The number of hydrogen-bond acceptors (Lipinski definition) is 2. The second-order valence-corrected chi connectivity index (χ2v) is 4.75. The molecular weight excluding hydrogens is 273 g/mol. The summed E-state index contributed by atoms with van der Waals surface area (Å²) in [7, 11) is 0. The molecule has 0 spiro atoms. The number of aromatic carboxylic acids is 1. The molecule has 0 bridgehead atoms. The summed E-state index contributed by atoms with van der Waals surface area (Å²) < 4.78 is 13.2. The lowest BCUT2D eigenvalue weighted by Crippen LogP contribution is -2.13. The number of nitrogens with one attached hydrogen (secondary N) is 1. The lowest BCUT2D eigenvalue weighted by atomic mass is 10.1. The molecule has 21 heavy (non-hydrogen) atoms. The first-order valence-electron chi connectivity index (χ1n) is 6.30. The van der Waals surface area contributed by atoms with Gasteiger partial charge in [0, 0.05) is 11.3 Å². The van der Waals surface area contributed by atoms with Gasteiger partial charge in [0.1, 0.15) is 5.82 Å². The summed E-state index contributed by atoms with van der Waals surface area (Å²) in [6, 6.07) is 8.63. The standard InChI is InChI=1S/C16H14FNO3/c1-9-8-12(4-5-13(9)16(20)21)18-15(19)11-3-6-14(17)10(2)7-11/h3-8H,1-2H3,(H,18,19)(H,20,21). The molecule has 0 atom stereocenters. The Bertz CT molecular complexity index is 725.